The van der Waals surface area contributed by atoms with E-state index < -0.39 is 0 Å². The van der Waals surface area contributed by atoms with Crippen LogP contribution >= 0.6 is 11.3 Å². The van der Waals surface area contributed by atoms with Crippen LogP contribution < -0.4 is 4.74 Å². The Bertz CT molecular complexity index is 658. The standard InChI is InChI=1S/C12H9NO3S/c1-15-12-7-2-3-16-10(7)4-9(14)11(12)8-5-17-6-13-8/h2-6,14H,1H3. The van der Waals surface area contributed by atoms with Crippen LogP contribution in [-0.2, 0) is 0 Å². The van der Waals surface area contributed by atoms with Gasteiger partial charge in [0, 0.05) is 11.4 Å². The zero-order chi connectivity index (χ0) is 11.8. The first-order valence-electron chi connectivity index (χ1n) is 4.97. The van der Waals surface area contributed by atoms with E-state index in [1.807, 2.05) is 11.4 Å². The van der Waals surface area contributed by atoms with Gasteiger partial charge in [0.05, 0.1) is 35.5 Å². The van der Waals surface area contributed by atoms with Crippen LogP contribution in [-0.4, -0.2) is 17.2 Å². The van der Waals surface area contributed by atoms with Crippen molar-refractivity contribution < 1.29 is 14.3 Å². The van der Waals surface area contributed by atoms with Crippen molar-refractivity contribution in [3.05, 3.63) is 29.3 Å². The van der Waals surface area contributed by atoms with Gasteiger partial charge in [-0.1, -0.05) is 0 Å². The van der Waals surface area contributed by atoms with E-state index in [2.05, 4.69) is 4.98 Å². The molecule has 0 unspecified atom stereocenters. The topological polar surface area (TPSA) is 55.5 Å². The van der Waals surface area contributed by atoms with Crippen LogP contribution in [0, 0.1) is 0 Å². The summed E-state index contributed by atoms with van der Waals surface area (Å²) in [7, 11) is 1.57. The number of nitrogens with zero attached hydrogens (tertiary/aromatic N) is 1. The molecule has 0 amide bonds. The van der Waals surface area contributed by atoms with E-state index in [0.29, 0.717) is 22.6 Å². The summed E-state index contributed by atoms with van der Waals surface area (Å²) in [5.41, 5.74) is 3.61. The molecule has 5 heteroatoms. The van der Waals surface area contributed by atoms with Gasteiger partial charge >= 0.3 is 0 Å². The number of hydrogen-bond acceptors (Lipinski definition) is 5. The minimum Gasteiger partial charge on any atom is -0.507 e. The molecular formula is C12H9NO3S. The maximum Gasteiger partial charge on any atom is 0.143 e. The first-order valence-corrected chi connectivity index (χ1v) is 5.91. The Morgan fingerprint density at radius 2 is 2.35 bits per heavy atom. The van der Waals surface area contributed by atoms with Crippen molar-refractivity contribution in [1.82, 2.24) is 4.98 Å². The molecule has 0 atom stereocenters. The molecule has 86 valence electrons. The molecule has 0 radical (unpaired) electrons. The number of methoxy groups -OCH3 is 1. The fourth-order valence-electron chi connectivity index (χ4n) is 1.86. The van der Waals surface area contributed by atoms with Gasteiger partial charge in [-0.2, -0.15) is 0 Å². The molecular weight excluding hydrogens is 238 g/mol. The Hall–Kier alpha value is -2.01. The van der Waals surface area contributed by atoms with Crippen LogP contribution in [0.1, 0.15) is 0 Å². The molecule has 0 bridgehead atoms. The largest absolute Gasteiger partial charge is 0.507 e. The van der Waals surface area contributed by atoms with E-state index in [1.165, 1.54) is 11.3 Å². The lowest BCUT2D eigenvalue weighted by atomic mass is 10.1. The number of phenols is 1. The number of fused-ring (bicyclic) bond motifs is 1. The molecule has 0 aliphatic carbocycles. The molecule has 0 saturated carbocycles. The van der Waals surface area contributed by atoms with Crippen LogP contribution in [0.5, 0.6) is 11.5 Å². The number of rotatable bonds is 2. The van der Waals surface area contributed by atoms with Gasteiger partial charge in [-0.25, -0.2) is 4.98 Å². The van der Waals surface area contributed by atoms with E-state index in [4.69, 9.17) is 9.15 Å². The number of aromatic hydroxyl groups is 1. The van der Waals surface area contributed by atoms with Crippen LogP contribution in [0.2, 0.25) is 0 Å². The van der Waals surface area contributed by atoms with Gasteiger partial charge in [0.25, 0.3) is 0 Å². The Morgan fingerprint density at radius 1 is 1.47 bits per heavy atom. The van der Waals surface area contributed by atoms with Gasteiger partial charge in [0.1, 0.15) is 17.1 Å². The maximum absolute atomic E-state index is 10.0. The van der Waals surface area contributed by atoms with Gasteiger partial charge in [0.2, 0.25) is 0 Å². The molecule has 17 heavy (non-hydrogen) atoms. The molecule has 2 heterocycles. The summed E-state index contributed by atoms with van der Waals surface area (Å²) in [5.74, 6) is 0.690. The first kappa shape index (κ1) is 10.2. The first-order chi connectivity index (χ1) is 8.31. The highest BCUT2D eigenvalue weighted by molar-refractivity contribution is 7.07. The van der Waals surface area contributed by atoms with Gasteiger partial charge in [-0.05, 0) is 6.07 Å². The lowest BCUT2D eigenvalue weighted by Crippen LogP contribution is -1.89. The van der Waals surface area contributed by atoms with E-state index in [-0.39, 0.29) is 5.75 Å². The summed E-state index contributed by atoms with van der Waals surface area (Å²) >= 11 is 1.47. The summed E-state index contributed by atoms with van der Waals surface area (Å²) in [4.78, 5) is 4.20. The van der Waals surface area contributed by atoms with Gasteiger partial charge in [-0.3, -0.25) is 0 Å². The highest BCUT2D eigenvalue weighted by atomic mass is 32.1. The molecule has 1 N–H and O–H groups in total. The number of ether oxygens (including phenoxy) is 1. The second kappa shape index (κ2) is 3.78. The lowest BCUT2D eigenvalue weighted by Gasteiger charge is -2.09. The smallest absolute Gasteiger partial charge is 0.143 e. The molecule has 1 aromatic carbocycles. The van der Waals surface area contributed by atoms with Crippen molar-refractivity contribution in [3.8, 4) is 22.8 Å². The average Bonchev–Trinajstić information content (AvgIpc) is 2.96. The lowest BCUT2D eigenvalue weighted by molar-refractivity contribution is 0.414. The number of benzene rings is 1. The van der Waals surface area contributed by atoms with E-state index in [0.717, 1.165) is 5.39 Å². The van der Waals surface area contributed by atoms with E-state index >= 15 is 0 Å². The predicted octanol–water partition coefficient (Wildman–Crippen LogP) is 3.27. The fourth-order valence-corrected chi connectivity index (χ4v) is 2.41. The van der Waals surface area contributed by atoms with Gasteiger partial charge in [-0.15, -0.1) is 11.3 Å². The number of furan rings is 1. The number of thiazole rings is 1. The fraction of sp³-hybridized carbons (Fsp3) is 0.0833. The molecule has 2 aromatic heterocycles. The molecule has 0 spiro atoms. The monoisotopic (exact) mass is 247 g/mol. The average molecular weight is 247 g/mol. The zero-order valence-corrected chi connectivity index (χ0v) is 9.82. The predicted molar refractivity (Wildman–Crippen MR) is 65.5 cm³/mol. The Labute approximate surface area is 101 Å². The van der Waals surface area contributed by atoms with Crippen LogP contribution in [0.15, 0.2) is 33.7 Å². The van der Waals surface area contributed by atoms with Crippen molar-refractivity contribution in [2.24, 2.45) is 0 Å². The molecule has 3 aromatic rings. The van der Waals surface area contributed by atoms with Gasteiger partial charge < -0.3 is 14.3 Å². The third kappa shape index (κ3) is 1.47. The minimum atomic E-state index is 0.107. The molecule has 4 nitrogen and oxygen atoms in total. The summed E-state index contributed by atoms with van der Waals surface area (Å²) in [5, 5.41) is 12.7. The second-order valence-corrected chi connectivity index (χ2v) is 4.23. The molecule has 0 aliphatic heterocycles. The summed E-state index contributed by atoms with van der Waals surface area (Å²) < 4.78 is 10.6. The summed E-state index contributed by atoms with van der Waals surface area (Å²) in [6.07, 6.45) is 1.57. The zero-order valence-electron chi connectivity index (χ0n) is 9.01. The highest BCUT2D eigenvalue weighted by Gasteiger charge is 2.18. The molecule has 0 fully saturated rings. The van der Waals surface area contributed by atoms with Crippen LogP contribution in [0.25, 0.3) is 22.2 Å². The molecule has 0 saturated heterocycles. The van der Waals surface area contributed by atoms with Crippen LogP contribution in [0.4, 0.5) is 0 Å². The highest BCUT2D eigenvalue weighted by Crippen LogP contribution is 2.43. The number of hydrogen-bond donors (Lipinski definition) is 1. The SMILES string of the molecule is COc1c(-c2cscn2)c(O)cc2occc12. The maximum atomic E-state index is 10.0. The molecule has 0 aliphatic rings. The van der Waals surface area contributed by atoms with Crippen molar-refractivity contribution >= 4 is 22.3 Å². The van der Waals surface area contributed by atoms with Crippen molar-refractivity contribution in [2.75, 3.05) is 7.11 Å². The summed E-state index contributed by atoms with van der Waals surface area (Å²) in [6, 6.07) is 3.38. The van der Waals surface area contributed by atoms with Crippen LogP contribution in [0.3, 0.4) is 0 Å². The van der Waals surface area contributed by atoms with E-state index in [9.17, 15) is 5.11 Å². The number of phenolic OH excluding ortho intramolecular Hbond substituents is 1. The Kier molecular flexibility index (Phi) is 2.26. The Morgan fingerprint density at radius 3 is 3.06 bits per heavy atom. The minimum absolute atomic E-state index is 0.107. The normalized spacial score (nSPS) is 10.9. The van der Waals surface area contributed by atoms with Crippen molar-refractivity contribution in [2.45, 2.75) is 0 Å². The third-order valence-corrected chi connectivity index (χ3v) is 3.17. The van der Waals surface area contributed by atoms with E-state index in [1.54, 1.807) is 24.9 Å². The number of aromatic nitrogens is 1. The third-order valence-electron chi connectivity index (χ3n) is 2.58. The Balaban J connectivity index is 2.39. The second-order valence-electron chi connectivity index (χ2n) is 3.51. The van der Waals surface area contributed by atoms with Crippen molar-refractivity contribution in [3.63, 3.8) is 0 Å². The van der Waals surface area contributed by atoms with Gasteiger partial charge in [0.15, 0.2) is 0 Å². The summed E-state index contributed by atoms with van der Waals surface area (Å²) in [6.45, 7) is 0. The molecule has 3 rings (SSSR count). The van der Waals surface area contributed by atoms with Crippen molar-refractivity contribution in [1.29, 1.82) is 0 Å². The quantitative estimate of drug-likeness (QED) is 0.755.